The highest BCUT2D eigenvalue weighted by atomic mass is 127. The lowest BCUT2D eigenvalue weighted by atomic mass is 10.7. The minimum absolute atomic E-state index is 1.26. The lowest BCUT2D eigenvalue weighted by Crippen LogP contribution is -1.73. The van der Waals surface area contributed by atoms with Gasteiger partial charge in [-0.15, -0.1) is 0 Å². The van der Waals surface area contributed by atoms with Gasteiger partial charge in [-0.2, -0.15) is 0 Å². The molecular formula is C4H3I2N. The summed E-state index contributed by atoms with van der Waals surface area (Å²) in [5.41, 5.74) is 0. The van der Waals surface area contributed by atoms with Gasteiger partial charge in [0.15, 0.2) is 0 Å². The molecule has 0 unspecified atom stereocenters. The van der Waals surface area contributed by atoms with Crippen molar-refractivity contribution in [1.29, 1.82) is 0 Å². The zero-order valence-electron chi connectivity index (χ0n) is 3.44. The van der Waals surface area contributed by atoms with Crippen molar-refractivity contribution < 1.29 is 0 Å². The molecule has 0 N–H and O–H groups in total. The van der Waals surface area contributed by atoms with Crippen molar-refractivity contribution in [2.45, 2.75) is 0 Å². The van der Waals surface area contributed by atoms with Crippen LogP contribution in [0.3, 0.4) is 0 Å². The van der Waals surface area contributed by atoms with E-state index in [4.69, 9.17) is 0 Å². The molecule has 0 saturated carbocycles. The number of rotatable bonds is 0. The summed E-state index contributed by atoms with van der Waals surface area (Å²) in [4.78, 5) is 0. The molecule has 0 fully saturated rings. The molecule has 0 atom stereocenters. The molecule has 0 aliphatic carbocycles. The van der Waals surface area contributed by atoms with E-state index >= 15 is 0 Å². The van der Waals surface area contributed by atoms with Gasteiger partial charge in [0, 0.05) is 6.20 Å². The minimum atomic E-state index is 1.26. The van der Waals surface area contributed by atoms with E-state index in [9.17, 15) is 0 Å². The van der Waals surface area contributed by atoms with Crippen LogP contribution in [0.2, 0.25) is 0 Å². The standard InChI is InChI=1S/C4H3I2N/c5-4-2-1-3-7(4)6/h1-3H. The van der Waals surface area contributed by atoms with Gasteiger partial charge in [0.1, 0.15) is 0 Å². The van der Waals surface area contributed by atoms with Gasteiger partial charge in [-0.05, 0) is 34.7 Å². The number of nitrogens with zero attached hydrogens (tertiary/aromatic N) is 1. The molecule has 7 heavy (non-hydrogen) atoms. The van der Waals surface area contributed by atoms with Crippen LogP contribution in [-0.4, -0.2) is 2.78 Å². The Labute approximate surface area is 69.7 Å². The number of aromatic nitrogens is 1. The maximum atomic E-state index is 2.28. The monoisotopic (exact) mass is 319 g/mol. The van der Waals surface area contributed by atoms with Crippen molar-refractivity contribution >= 4 is 45.5 Å². The van der Waals surface area contributed by atoms with Gasteiger partial charge in [0.25, 0.3) is 0 Å². The first-order valence-corrected chi connectivity index (χ1v) is 3.84. The summed E-state index contributed by atoms with van der Waals surface area (Å²) >= 11 is 4.50. The summed E-state index contributed by atoms with van der Waals surface area (Å²) in [6, 6.07) is 4.08. The topological polar surface area (TPSA) is 4.93 Å². The van der Waals surface area contributed by atoms with Gasteiger partial charge in [0.2, 0.25) is 0 Å². The third-order valence-electron chi connectivity index (χ3n) is 0.655. The summed E-state index contributed by atoms with van der Waals surface area (Å²) in [5.74, 6) is 0. The molecule has 38 valence electrons. The van der Waals surface area contributed by atoms with E-state index in [-0.39, 0.29) is 0 Å². The maximum absolute atomic E-state index is 2.28. The second-order valence-electron chi connectivity index (χ2n) is 1.14. The van der Waals surface area contributed by atoms with E-state index < -0.39 is 0 Å². The van der Waals surface area contributed by atoms with Gasteiger partial charge in [-0.1, -0.05) is 0 Å². The van der Waals surface area contributed by atoms with Gasteiger partial charge >= 0.3 is 0 Å². The molecule has 3 heteroatoms. The van der Waals surface area contributed by atoms with Crippen molar-refractivity contribution in [1.82, 2.24) is 2.78 Å². The first-order chi connectivity index (χ1) is 3.30. The molecule has 0 amide bonds. The highest BCUT2D eigenvalue weighted by molar-refractivity contribution is 14.1. The van der Waals surface area contributed by atoms with Gasteiger partial charge < -0.3 is 0 Å². The molecule has 1 nitrogen and oxygen atoms in total. The molecule has 0 saturated heterocycles. The Morgan fingerprint density at radius 3 is 2.43 bits per heavy atom. The first kappa shape index (κ1) is 5.87. The number of hydrogen-bond donors (Lipinski definition) is 0. The second-order valence-corrected chi connectivity index (χ2v) is 3.29. The maximum Gasteiger partial charge on any atom is 0.0888 e. The first-order valence-electron chi connectivity index (χ1n) is 1.80. The van der Waals surface area contributed by atoms with E-state index in [1.165, 1.54) is 3.70 Å². The molecule has 0 radical (unpaired) electrons. The quantitative estimate of drug-likeness (QED) is 0.647. The van der Waals surface area contributed by atoms with Crippen LogP contribution in [0.15, 0.2) is 18.3 Å². The molecule has 1 aromatic heterocycles. The molecule has 1 heterocycles. The van der Waals surface area contributed by atoms with E-state index in [0.717, 1.165) is 0 Å². The van der Waals surface area contributed by atoms with Gasteiger partial charge in [0.05, 0.1) is 26.6 Å². The summed E-state index contributed by atoms with van der Waals surface area (Å²) < 4.78 is 3.30. The van der Waals surface area contributed by atoms with Crippen molar-refractivity contribution in [3.63, 3.8) is 0 Å². The van der Waals surface area contributed by atoms with E-state index in [0.29, 0.717) is 0 Å². The predicted octanol–water partition coefficient (Wildman–Crippen LogP) is 2.29. The summed E-state index contributed by atoms with van der Waals surface area (Å²) in [5, 5.41) is 0. The molecule has 0 bridgehead atoms. The molecule has 0 aromatic carbocycles. The highest BCUT2D eigenvalue weighted by Gasteiger charge is 1.86. The number of halogens is 2. The third-order valence-corrected chi connectivity index (χ3v) is 3.30. The Kier molecular flexibility index (Phi) is 1.96. The van der Waals surface area contributed by atoms with Crippen LogP contribution in [-0.2, 0) is 0 Å². The molecule has 1 aromatic rings. The van der Waals surface area contributed by atoms with Crippen LogP contribution in [0.1, 0.15) is 0 Å². The Balaban J connectivity index is 3.12. The van der Waals surface area contributed by atoms with E-state index in [1.807, 2.05) is 15.0 Å². The second kappa shape index (κ2) is 2.34. The zero-order valence-corrected chi connectivity index (χ0v) is 7.75. The fourth-order valence-corrected chi connectivity index (χ4v) is 1.06. The molecule has 0 aliphatic rings. The minimum Gasteiger partial charge on any atom is -0.285 e. The lowest BCUT2D eigenvalue weighted by molar-refractivity contribution is 1.31. The van der Waals surface area contributed by atoms with Crippen LogP contribution in [0.4, 0.5) is 0 Å². The number of hydrogen-bond acceptors (Lipinski definition) is 0. The van der Waals surface area contributed by atoms with Crippen molar-refractivity contribution in [3.8, 4) is 0 Å². The van der Waals surface area contributed by atoms with Crippen molar-refractivity contribution in [2.24, 2.45) is 0 Å². The third kappa shape index (κ3) is 1.31. The largest absolute Gasteiger partial charge is 0.285 e. The van der Waals surface area contributed by atoms with E-state index in [1.54, 1.807) is 0 Å². The van der Waals surface area contributed by atoms with Crippen LogP contribution in [0, 0.1) is 3.70 Å². The normalized spacial score (nSPS) is 9.43. The van der Waals surface area contributed by atoms with Crippen LogP contribution in [0.25, 0.3) is 0 Å². The Morgan fingerprint density at radius 2 is 2.29 bits per heavy atom. The molecular weight excluding hydrogens is 316 g/mol. The van der Waals surface area contributed by atoms with Gasteiger partial charge in [-0.25, -0.2) is 0 Å². The fourth-order valence-electron chi connectivity index (χ4n) is 0.340. The fraction of sp³-hybridized carbons (Fsp3) is 0. The molecule has 0 spiro atoms. The summed E-state index contributed by atoms with van der Waals surface area (Å²) in [6.07, 6.45) is 2.02. The lowest BCUT2D eigenvalue weighted by Gasteiger charge is -1.84. The van der Waals surface area contributed by atoms with Crippen LogP contribution in [0.5, 0.6) is 0 Å². The van der Waals surface area contributed by atoms with E-state index in [2.05, 4.69) is 51.5 Å². The predicted molar refractivity (Wildman–Crippen MR) is 46.6 cm³/mol. The van der Waals surface area contributed by atoms with Crippen molar-refractivity contribution in [3.05, 3.63) is 22.0 Å². The Morgan fingerprint density at radius 1 is 1.57 bits per heavy atom. The highest BCUT2D eigenvalue weighted by Crippen LogP contribution is 2.07. The Hall–Kier alpha value is 0.740. The van der Waals surface area contributed by atoms with Crippen LogP contribution >= 0.6 is 45.5 Å². The van der Waals surface area contributed by atoms with Crippen LogP contribution < -0.4 is 0 Å². The average Bonchev–Trinajstić information content (AvgIpc) is 1.91. The smallest absolute Gasteiger partial charge is 0.0888 e. The summed E-state index contributed by atoms with van der Waals surface area (Å²) in [6.45, 7) is 0. The molecule has 0 aliphatic heterocycles. The zero-order chi connectivity index (χ0) is 5.28. The van der Waals surface area contributed by atoms with Crippen molar-refractivity contribution in [2.75, 3.05) is 0 Å². The average molecular weight is 319 g/mol. The Bertz CT molecular complexity index is 142. The SMILES string of the molecule is Ic1cccn1I. The summed E-state index contributed by atoms with van der Waals surface area (Å²) in [7, 11) is 0. The molecule has 1 rings (SSSR count). The van der Waals surface area contributed by atoms with Gasteiger partial charge in [-0.3, -0.25) is 2.78 Å².